The molecule has 2 heterocycles. The van der Waals surface area contributed by atoms with Gasteiger partial charge in [0.25, 0.3) is 0 Å². The lowest BCUT2D eigenvalue weighted by molar-refractivity contribution is 0.590. The number of anilines is 1. The minimum atomic E-state index is -0.193. The van der Waals surface area contributed by atoms with Crippen molar-refractivity contribution in [3.05, 3.63) is 30.2 Å². The van der Waals surface area contributed by atoms with Gasteiger partial charge in [0.2, 0.25) is 0 Å². The van der Waals surface area contributed by atoms with Gasteiger partial charge >= 0.3 is 0 Å². The maximum Gasteiger partial charge on any atom is 0.125 e. The monoisotopic (exact) mass is 291 g/mol. The maximum absolute atomic E-state index is 13.0. The molecule has 0 atom stereocenters. The number of piperazine rings is 1. The Morgan fingerprint density at radius 3 is 2.56 bits per heavy atom. The van der Waals surface area contributed by atoms with Crippen LogP contribution in [0.2, 0.25) is 0 Å². The van der Waals surface area contributed by atoms with Crippen molar-refractivity contribution < 1.29 is 4.39 Å². The van der Waals surface area contributed by atoms with Crippen LogP contribution in [0.1, 0.15) is 0 Å². The third-order valence-corrected chi connectivity index (χ3v) is 3.08. The highest BCUT2D eigenvalue weighted by molar-refractivity contribution is 5.92. The van der Waals surface area contributed by atoms with Crippen molar-refractivity contribution in [1.29, 1.82) is 0 Å². The van der Waals surface area contributed by atoms with E-state index in [1.807, 2.05) is 12.3 Å². The molecule has 1 aliphatic heterocycles. The van der Waals surface area contributed by atoms with E-state index in [4.69, 9.17) is 0 Å². The van der Waals surface area contributed by atoms with Gasteiger partial charge in [-0.3, -0.25) is 0 Å². The van der Waals surface area contributed by atoms with Crippen LogP contribution in [0, 0.1) is 5.82 Å². The molecule has 100 valence electrons. The highest BCUT2D eigenvalue weighted by atomic mass is 35.5. The number of hydrogen-bond donors (Lipinski definition) is 2. The van der Waals surface area contributed by atoms with E-state index in [9.17, 15) is 4.39 Å². The summed E-state index contributed by atoms with van der Waals surface area (Å²) < 4.78 is 13.0. The summed E-state index contributed by atoms with van der Waals surface area (Å²) in [4.78, 5) is 5.45. The van der Waals surface area contributed by atoms with Crippen molar-refractivity contribution in [3.8, 4) is 0 Å². The summed E-state index contributed by atoms with van der Waals surface area (Å²) in [5, 5.41) is 4.42. The molecule has 0 spiro atoms. The van der Waals surface area contributed by atoms with Crippen LogP contribution in [0.15, 0.2) is 24.4 Å². The van der Waals surface area contributed by atoms with Crippen molar-refractivity contribution in [2.45, 2.75) is 0 Å². The van der Waals surface area contributed by atoms with Gasteiger partial charge < -0.3 is 15.2 Å². The third kappa shape index (κ3) is 2.71. The number of benzene rings is 1. The molecule has 1 fully saturated rings. The molecule has 0 bridgehead atoms. The van der Waals surface area contributed by atoms with Gasteiger partial charge in [0.1, 0.15) is 5.82 Å². The van der Waals surface area contributed by atoms with Gasteiger partial charge in [-0.15, -0.1) is 24.8 Å². The van der Waals surface area contributed by atoms with Gasteiger partial charge in [-0.05, 0) is 18.2 Å². The first-order valence-electron chi connectivity index (χ1n) is 5.57. The molecule has 6 heteroatoms. The molecule has 0 radical (unpaired) electrons. The molecule has 3 nitrogen and oxygen atoms in total. The molecule has 1 aromatic carbocycles. The van der Waals surface area contributed by atoms with Crippen molar-refractivity contribution in [1.82, 2.24) is 10.3 Å². The third-order valence-electron chi connectivity index (χ3n) is 3.08. The molecule has 2 N–H and O–H groups in total. The van der Waals surface area contributed by atoms with Crippen LogP contribution in [0.25, 0.3) is 10.9 Å². The summed E-state index contributed by atoms with van der Waals surface area (Å²) in [5.74, 6) is -0.193. The van der Waals surface area contributed by atoms with E-state index in [1.54, 1.807) is 6.07 Å². The summed E-state index contributed by atoms with van der Waals surface area (Å²) in [6, 6.07) is 4.90. The number of nitrogens with zero attached hydrogens (tertiary/aromatic N) is 1. The lowest BCUT2D eigenvalue weighted by atomic mass is 10.2. The number of aromatic amines is 1. The highest BCUT2D eigenvalue weighted by Crippen LogP contribution is 2.27. The SMILES string of the molecule is Cl.Cl.Fc1ccc2c(N3CCNCC3)c[nH]c2c1. The average Bonchev–Trinajstić information content (AvgIpc) is 2.73. The molecule has 0 amide bonds. The molecule has 0 saturated carbocycles. The quantitative estimate of drug-likeness (QED) is 0.846. The lowest BCUT2D eigenvalue weighted by Gasteiger charge is -2.28. The van der Waals surface area contributed by atoms with E-state index in [0.29, 0.717) is 0 Å². The molecule has 0 unspecified atom stereocenters. The Kier molecular flexibility index (Phi) is 5.26. The predicted molar refractivity (Wildman–Crippen MR) is 77.8 cm³/mol. The zero-order chi connectivity index (χ0) is 11.0. The second-order valence-electron chi connectivity index (χ2n) is 4.10. The summed E-state index contributed by atoms with van der Waals surface area (Å²) >= 11 is 0. The summed E-state index contributed by atoms with van der Waals surface area (Å²) in [6.07, 6.45) is 1.97. The maximum atomic E-state index is 13.0. The van der Waals surface area contributed by atoms with Gasteiger partial charge in [-0.25, -0.2) is 4.39 Å². The average molecular weight is 292 g/mol. The first-order chi connectivity index (χ1) is 7.84. The van der Waals surface area contributed by atoms with Crippen molar-refractivity contribution in [3.63, 3.8) is 0 Å². The van der Waals surface area contributed by atoms with Crippen LogP contribution in [0.5, 0.6) is 0 Å². The Morgan fingerprint density at radius 1 is 1.11 bits per heavy atom. The van der Waals surface area contributed by atoms with Crippen LogP contribution in [0.3, 0.4) is 0 Å². The van der Waals surface area contributed by atoms with E-state index in [0.717, 1.165) is 37.1 Å². The Labute approximate surface area is 118 Å². The number of fused-ring (bicyclic) bond motifs is 1. The number of rotatable bonds is 1. The van der Waals surface area contributed by atoms with Crippen LogP contribution in [0.4, 0.5) is 10.1 Å². The van der Waals surface area contributed by atoms with Gasteiger partial charge in [0.05, 0.1) is 11.2 Å². The number of aromatic nitrogens is 1. The van der Waals surface area contributed by atoms with E-state index >= 15 is 0 Å². The minimum absolute atomic E-state index is 0. The molecule has 3 rings (SSSR count). The zero-order valence-corrected chi connectivity index (χ0v) is 11.4. The first kappa shape index (κ1) is 15.1. The number of H-pyrrole nitrogens is 1. The van der Waals surface area contributed by atoms with Crippen molar-refractivity contribution in [2.24, 2.45) is 0 Å². The smallest absolute Gasteiger partial charge is 0.125 e. The van der Waals surface area contributed by atoms with E-state index in [1.165, 1.54) is 11.8 Å². The van der Waals surface area contributed by atoms with Gasteiger partial charge in [-0.2, -0.15) is 0 Å². The van der Waals surface area contributed by atoms with Gasteiger partial charge in [-0.1, -0.05) is 0 Å². The van der Waals surface area contributed by atoms with Gasteiger partial charge in [0, 0.05) is 37.8 Å². The fourth-order valence-electron chi connectivity index (χ4n) is 2.25. The molecule has 2 aromatic rings. The largest absolute Gasteiger partial charge is 0.367 e. The fourth-order valence-corrected chi connectivity index (χ4v) is 2.25. The Bertz CT molecular complexity index is 509. The zero-order valence-electron chi connectivity index (χ0n) is 9.78. The molecule has 18 heavy (non-hydrogen) atoms. The second kappa shape index (κ2) is 6.27. The Hall–Kier alpha value is -0.970. The lowest BCUT2D eigenvalue weighted by Crippen LogP contribution is -2.43. The summed E-state index contributed by atoms with van der Waals surface area (Å²) in [6.45, 7) is 4.02. The topological polar surface area (TPSA) is 31.1 Å². The van der Waals surface area contributed by atoms with E-state index in [-0.39, 0.29) is 30.6 Å². The summed E-state index contributed by atoms with van der Waals surface area (Å²) in [5.41, 5.74) is 2.05. The molecular formula is C12H16Cl2FN3. The van der Waals surface area contributed by atoms with Crippen LogP contribution < -0.4 is 10.2 Å². The predicted octanol–water partition coefficient (Wildman–Crippen LogP) is 2.56. The normalized spacial score (nSPS) is 15.1. The molecule has 1 aliphatic rings. The van der Waals surface area contributed by atoms with E-state index < -0.39 is 0 Å². The first-order valence-corrected chi connectivity index (χ1v) is 5.57. The van der Waals surface area contributed by atoms with Crippen LogP contribution in [-0.4, -0.2) is 31.2 Å². The molecule has 1 saturated heterocycles. The van der Waals surface area contributed by atoms with E-state index in [2.05, 4.69) is 15.2 Å². The molecular weight excluding hydrogens is 276 g/mol. The van der Waals surface area contributed by atoms with Crippen molar-refractivity contribution >= 4 is 41.4 Å². The van der Waals surface area contributed by atoms with Crippen LogP contribution in [-0.2, 0) is 0 Å². The second-order valence-corrected chi connectivity index (χ2v) is 4.10. The number of halogens is 3. The Balaban J connectivity index is 0.000000810. The van der Waals surface area contributed by atoms with Gasteiger partial charge in [0.15, 0.2) is 0 Å². The minimum Gasteiger partial charge on any atom is -0.367 e. The fraction of sp³-hybridized carbons (Fsp3) is 0.333. The molecule has 1 aromatic heterocycles. The highest BCUT2D eigenvalue weighted by Gasteiger charge is 2.14. The standard InChI is InChI=1S/C12H14FN3.2ClH/c13-9-1-2-10-11(7-9)15-8-12(10)16-5-3-14-4-6-16;;/h1-2,7-8,14-15H,3-6H2;2*1H. The Morgan fingerprint density at radius 2 is 1.83 bits per heavy atom. The summed E-state index contributed by atoms with van der Waals surface area (Å²) in [7, 11) is 0. The number of nitrogens with one attached hydrogen (secondary N) is 2. The van der Waals surface area contributed by atoms with Crippen LogP contribution >= 0.6 is 24.8 Å². The molecule has 0 aliphatic carbocycles. The van der Waals surface area contributed by atoms with Crippen molar-refractivity contribution in [2.75, 3.05) is 31.1 Å². The number of hydrogen-bond acceptors (Lipinski definition) is 2.